The van der Waals surface area contributed by atoms with E-state index in [2.05, 4.69) is 0 Å². The predicted molar refractivity (Wildman–Crippen MR) is 78.2 cm³/mol. The van der Waals surface area contributed by atoms with Crippen LogP contribution in [-0.4, -0.2) is 32.0 Å². The molecule has 1 unspecified atom stereocenters. The second-order valence-corrected chi connectivity index (χ2v) is 7.60. The van der Waals surface area contributed by atoms with Crippen molar-refractivity contribution in [3.05, 3.63) is 41.5 Å². The van der Waals surface area contributed by atoms with Crippen LogP contribution in [0.1, 0.15) is 24.5 Å². The van der Waals surface area contributed by atoms with E-state index < -0.39 is 33.7 Å². The van der Waals surface area contributed by atoms with Crippen LogP contribution < -0.4 is 0 Å². The summed E-state index contributed by atoms with van der Waals surface area (Å²) in [7, 11) is -3.17. The highest BCUT2D eigenvalue weighted by molar-refractivity contribution is 7.91. The molecule has 1 atom stereocenters. The molecule has 0 aromatic heterocycles. The van der Waals surface area contributed by atoms with Crippen molar-refractivity contribution >= 4 is 21.4 Å². The quantitative estimate of drug-likeness (QED) is 0.623. The van der Waals surface area contributed by atoms with Crippen molar-refractivity contribution < 1.29 is 31.1 Å². The summed E-state index contributed by atoms with van der Waals surface area (Å²) in [5.41, 5.74) is -0.254. The number of carbonyl (C=O) groups is 1. The lowest BCUT2D eigenvalue weighted by Crippen LogP contribution is -2.18. The third-order valence-electron chi connectivity index (χ3n) is 3.45. The van der Waals surface area contributed by atoms with Gasteiger partial charge >= 0.3 is 12.1 Å². The minimum Gasteiger partial charge on any atom is -0.458 e. The van der Waals surface area contributed by atoms with Crippen LogP contribution in [0.4, 0.5) is 13.2 Å². The number of sulfone groups is 1. The Labute approximate surface area is 131 Å². The number of ether oxygens (including phenoxy) is 1. The maximum atomic E-state index is 12.7. The predicted octanol–water partition coefficient (Wildman–Crippen LogP) is 2.84. The van der Waals surface area contributed by atoms with Gasteiger partial charge in [-0.05, 0) is 36.6 Å². The highest BCUT2D eigenvalue weighted by Gasteiger charge is 2.31. The molecule has 1 aliphatic rings. The summed E-state index contributed by atoms with van der Waals surface area (Å²) in [6.45, 7) is 1.49. The second-order valence-electron chi connectivity index (χ2n) is 5.37. The van der Waals surface area contributed by atoms with Crippen LogP contribution in [0.15, 0.2) is 30.3 Å². The average molecular weight is 348 g/mol. The first kappa shape index (κ1) is 17.5. The van der Waals surface area contributed by atoms with Gasteiger partial charge < -0.3 is 4.74 Å². The number of allylic oxidation sites excluding steroid dienone is 1. The minimum atomic E-state index is -4.46. The molecule has 0 N–H and O–H groups in total. The van der Waals surface area contributed by atoms with Crippen molar-refractivity contribution in [3.8, 4) is 0 Å². The maximum absolute atomic E-state index is 12.7. The van der Waals surface area contributed by atoms with E-state index >= 15 is 0 Å². The summed E-state index contributed by atoms with van der Waals surface area (Å²) in [5, 5.41) is 0. The SMILES string of the molecule is C/C(=C/C(=O)OC1CCS(=O)(=O)C1)c1cccc(C(F)(F)F)c1. The van der Waals surface area contributed by atoms with Gasteiger partial charge in [-0.1, -0.05) is 12.1 Å². The molecule has 1 aromatic carbocycles. The maximum Gasteiger partial charge on any atom is 0.416 e. The Kier molecular flexibility index (Phi) is 4.84. The lowest BCUT2D eigenvalue weighted by Gasteiger charge is -2.10. The molecule has 1 fully saturated rings. The zero-order valence-corrected chi connectivity index (χ0v) is 13.1. The summed E-state index contributed by atoms with van der Waals surface area (Å²) in [5.74, 6) is -1.00. The highest BCUT2D eigenvalue weighted by atomic mass is 32.2. The Hall–Kier alpha value is -1.83. The van der Waals surface area contributed by atoms with E-state index in [4.69, 9.17) is 4.74 Å². The van der Waals surface area contributed by atoms with Crippen molar-refractivity contribution in [2.45, 2.75) is 25.6 Å². The van der Waals surface area contributed by atoms with Crippen LogP contribution in [-0.2, 0) is 25.5 Å². The fraction of sp³-hybridized carbons (Fsp3) is 0.400. The fourth-order valence-corrected chi connectivity index (χ4v) is 3.84. The average Bonchev–Trinajstić information content (AvgIpc) is 2.76. The van der Waals surface area contributed by atoms with Crippen molar-refractivity contribution in [1.82, 2.24) is 0 Å². The smallest absolute Gasteiger partial charge is 0.416 e. The standard InChI is InChI=1S/C15H15F3O4S/c1-10(11-3-2-4-12(8-11)15(16,17)18)7-14(19)22-13-5-6-23(20,21)9-13/h2-4,7-8,13H,5-6,9H2,1H3/b10-7-. The van der Waals surface area contributed by atoms with Crippen LogP contribution in [0.2, 0.25) is 0 Å². The number of benzene rings is 1. The Bertz CT molecular complexity index is 735. The van der Waals surface area contributed by atoms with Gasteiger partial charge in [0.15, 0.2) is 9.84 Å². The second kappa shape index (κ2) is 6.35. The Morgan fingerprint density at radius 2 is 2.04 bits per heavy atom. The summed E-state index contributed by atoms with van der Waals surface area (Å²) >= 11 is 0. The number of esters is 1. The van der Waals surface area contributed by atoms with Crippen LogP contribution in [0.5, 0.6) is 0 Å². The first-order valence-corrected chi connectivity index (χ1v) is 8.66. The highest BCUT2D eigenvalue weighted by Crippen LogP contribution is 2.31. The monoisotopic (exact) mass is 348 g/mol. The molecule has 2 rings (SSSR count). The van der Waals surface area contributed by atoms with Crippen LogP contribution in [0.25, 0.3) is 5.57 Å². The third kappa shape index (κ3) is 4.82. The summed E-state index contributed by atoms with van der Waals surface area (Å²) in [4.78, 5) is 11.8. The van der Waals surface area contributed by atoms with Crippen LogP contribution >= 0.6 is 0 Å². The van der Waals surface area contributed by atoms with Crippen molar-refractivity contribution in [3.63, 3.8) is 0 Å². The van der Waals surface area contributed by atoms with E-state index in [1.54, 1.807) is 0 Å². The van der Waals surface area contributed by atoms with E-state index in [-0.39, 0.29) is 23.5 Å². The van der Waals surface area contributed by atoms with E-state index in [0.717, 1.165) is 18.2 Å². The molecule has 0 radical (unpaired) electrons. The normalized spacial score (nSPS) is 21.2. The van der Waals surface area contributed by atoms with Crippen molar-refractivity contribution in [2.75, 3.05) is 11.5 Å². The third-order valence-corrected chi connectivity index (χ3v) is 5.19. The summed E-state index contributed by atoms with van der Waals surface area (Å²) in [6, 6.07) is 4.59. The van der Waals surface area contributed by atoms with Crippen molar-refractivity contribution in [2.24, 2.45) is 0 Å². The lowest BCUT2D eigenvalue weighted by atomic mass is 10.0. The molecule has 0 amide bonds. The lowest BCUT2D eigenvalue weighted by molar-refractivity contribution is -0.141. The Balaban J connectivity index is 2.09. The van der Waals surface area contributed by atoms with Gasteiger partial charge in [0.05, 0.1) is 17.1 Å². The summed E-state index contributed by atoms with van der Waals surface area (Å²) < 4.78 is 65.6. The van der Waals surface area contributed by atoms with E-state index in [9.17, 15) is 26.4 Å². The molecule has 4 nitrogen and oxygen atoms in total. The largest absolute Gasteiger partial charge is 0.458 e. The molecule has 1 saturated heterocycles. The first-order valence-electron chi connectivity index (χ1n) is 6.84. The number of alkyl halides is 3. The van der Waals surface area contributed by atoms with Gasteiger partial charge in [0.25, 0.3) is 0 Å². The van der Waals surface area contributed by atoms with E-state index in [1.807, 2.05) is 0 Å². The molecule has 1 heterocycles. The molecule has 1 aromatic rings. The van der Waals surface area contributed by atoms with Gasteiger partial charge in [-0.3, -0.25) is 0 Å². The first-order chi connectivity index (χ1) is 10.6. The molecule has 126 valence electrons. The number of halogens is 3. The number of carbonyl (C=O) groups excluding carboxylic acids is 1. The fourth-order valence-electron chi connectivity index (χ4n) is 2.25. The van der Waals surface area contributed by atoms with Crippen molar-refractivity contribution in [1.29, 1.82) is 0 Å². The molecule has 23 heavy (non-hydrogen) atoms. The van der Waals surface area contributed by atoms with Gasteiger partial charge in [-0.2, -0.15) is 13.2 Å². The van der Waals surface area contributed by atoms with Gasteiger partial charge in [0.2, 0.25) is 0 Å². The number of hydrogen-bond acceptors (Lipinski definition) is 4. The van der Waals surface area contributed by atoms with E-state index in [0.29, 0.717) is 5.57 Å². The number of hydrogen-bond donors (Lipinski definition) is 0. The molecule has 0 aliphatic carbocycles. The van der Waals surface area contributed by atoms with Gasteiger partial charge in [-0.25, -0.2) is 13.2 Å². The molecule has 0 bridgehead atoms. The van der Waals surface area contributed by atoms with Gasteiger partial charge in [-0.15, -0.1) is 0 Å². The zero-order chi connectivity index (χ0) is 17.3. The van der Waals surface area contributed by atoms with Gasteiger partial charge in [0.1, 0.15) is 6.10 Å². The minimum absolute atomic E-state index is 0.0265. The molecule has 0 spiro atoms. The molecule has 8 heteroatoms. The van der Waals surface area contributed by atoms with Gasteiger partial charge in [0, 0.05) is 6.08 Å². The zero-order valence-electron chi connectivity index (χ0n) is 12.3. The summed E-state index contributed by atoms with van der Waals surface area (Å²) in [6.07, 6.45) is -3.85. The van der Waals surface area contributed by atoms with E-state index in [1.165, 1.54) is 19.1 Å². The molecular weight excluding hydrogens is 333 g/mol. The number of rotatable bonds is 3. The molecule has 0 saturated carbocycles. The Morgan fingerprint density at radius 3 is 2.61 bits per heavy atom. The van der Waals surface area contributed by atoms with Crippen LogP contribution in [0.3, 0.4) is 0 Å². The molecular formula is C15H15F3O4S. The topological polar surface area (TPSA) is 60.4 Å². The van der Waals surface area contributed by atoms with Crippen LogP contribution in [0, 0.1) is 0 Å². The molecule has 1 aliphatic heterocycles. The Morgan fingerprint density at radius 1 is 1.35 bits per heavy atom.